The van der Waals surface area contributed by atoms with Crippen molar-refractivity contribution in [3.05, 3.63) is 35.8 Å². The summed E-state index contributed by atoms with van der Waals surface area (Å²) in [6.45, 7) is 14.1. The molecule has 10 heteroatoms. The van der Waals surface area contributed by atoms with Gasteiger partial charge in [0, 0.05) is 27.7 Å². The first-order chi connectivity index (χ1) is 19.7. The number of aliphatic hydroxyl groups is 1. The highest BCUT2D eigenvalue weighted by Crippen LogP contribution is 2.75. The maximum absolute atomic E-state index is 14.6. The highest BCUT2D eigenvalue weighted by molar-refractivity contribution is 7.89. The molecule has 6 rings (SSSR count). The molecule has 5 aliphatic carbocycles. The van der Waals surface area contributed by atoms with Crippen molar-refractivity contribution >= 4 is 21.6 Å². The number of nitrogens with zero attached hydrogens (tertiary/aromatic N) is 2. The molecule has 43 heavy (non-hydrogen) atoms. The summed E-state index contributed by atoms with van der Waals surface area (Å²) in [5.74, 6) is -1.07. The second-order valence-electron chi connectivity index (χ2n) is 15.9. The fourth-order valence-electron chi connectivity index (χ4n) is 10.6. The number of carbonyl (C=O) groups is 2. The number of fused-ring (bicyclic) bond motifs is 7. The SMILES string of the molecule is CC1(C)C(=O)C(C#N)=C[C@]2(C)C3=CC(=O)[C@]4(O)[C@@H]5C[C@@](C)(NS(=O)(=O)c6cnc[nH]6)CC[C@@]5(C)CC[C@@]4(C)[C@]3(C)CC[C@@H]12. The molecule has 3 saturated carbocycles. The summed E-state index contributed by atoms with van der Waals surface area (Å²) in [5.41, 5.74) is -4.79. The number of H-pyrrole nitrogens is 1. The largest absolute Gasteiger partial charge is 0.381 e. The third kappa shape index (κ3) is 3.68. The van der Waals surface area contributed by atoms with Crippen LogP contribution >= 0.6 is 0 Å². The van der Waals surface area contributed by atoms with Crippen LogP contribution in [-0.4, -0.2) is 46.2 Å². The fraction of sp³-hybridized carbons (Fsp3) is 0.697. The Bertz CT molecular complexity index is 1640. The average Bonchev–Trinajstić information content (AvgIpc) is 3.47. The van der Waals surface area contributed by atoms with Gasteiger partial charge in [0.25, 0.3) is 10.0 Å². The van der Waals surface area contributed by atoms with Crippen LogP contribution in [0.5, 0.6) is 0 Å². The van der Waals surface area contributed by atoms with E-state index in [-0.39, 0.29) is 33.5 Å². The number of Topliss-reactive ketones (excluding diaryl/α,β-unsaturated/α-hetero) is 1. The van der Waals surface area contributed by atoms with E-state index < -0.39 is 48.7 Å². The van der Waals surface area contributed by atoms with Crippen molar-refractivity contribution < 1.29 is 23.1 Å². The Hall–Kier alpha value is -2.61. The Morgan fingerprint density at radius 2 is 1.70 bits per heavy atom. The zero-order valence-electron chi connectivity index (χ0n) is 26.3. The predicted octanol–water partition coefficient (Wildman–Crippen LogP) is 4.77. The molecule has 0 radical (unpaired) electrons. The summed E-state index contributed by atoms with van der Waals surface area (Å²) < 4.78 is 29.4. The van der Waals surface area contributed by atoms with Gasteiger partial charge < -0.3 is 10.1 Å². The van der Waals surface area contributed by atoms with Crippen LogP contribution in [0.4, 0.5) is 0 Å². The summed E-state index contributed by atoms with van der Waals surface area (Å²) in [5, 5.41) is 22.9. The van der Waals surface area contributed by atoms with E-state index >= 15 is 0 Å². The van der Waals surface area contributed by atoms with Crippen LogP contribution in [0.25, 0.3) is 0 Å². The molecule has 8 atom stereocenters. The quantitative estimate of drug-likeness (QED) is 0.447. The van der Waals surface area contributed by atoms with Crippen molar-refractivity contribution in [3.8, 4) is 6.07 Å². The molecule has 5 aliphatic rings. The summed E-state index contributed by atoms with van der Waals surface area (Å²) in [6, 6.07) is 2.13. The maximum atomic E-state index is 14.6. The molecule has 0 amide bonds. The van der Waals surface area contributed by atoms with Crippen LogP contribution in [0.2, 0.25) is 0 Å². The van der Waals surface area contributed by atoms with Crippen LogP contribution in [0.1, 0.15) is 93.4 Å². The van der Waals surface area contributed by atoms with Gasteiger partial charge in [0.1, 0.15) is 11.7 Å². The number of imidazole rings is 1. The van der Waals surface area contributed by atoms with Gasteiger partial charge in [-0.15, -0.1) is 0 Å². The van der Waals surface area contributed by atoms with E-state index in [0.717, 1.165) is 18.4 Å². The van der Waals surface area contributed by atoms with Gasteiger partial charge in [-0.1, -0.05) is 47.6 Å². The van der Waals surface area contributed by atoms with Crippen molar-refractivity contribution in [1.29, 1.82) is 5.26 Å². The normalized spacial score (nSPS) is 45.5. The molecule has 0 spiro atoms. The molecule has 0 aliphatic heterocycles. The molecule has 0 aromatic carbocycles. The minimum Gasteiger partial charge on any atom is -0.381 e. The van der Waals surface area contributed by atoms with Gasteiger partial charge in [-0.2, -0.15) is 5.26 Å². The van der Waals surface area contributed by atoms with E-state index in [4.69, 9.17) is 0 Å². The second-order valence-corrected chi connectivity index (χ2v) is 17.6. The van der Waals surface area contributed by atoms with Crippen molar-refractivity contribution in [1.82, 2.24) is 14.7 Å². The molecule has 0 bridgehead atoms. The van der Waals surface area contributed by atoms with E-state index in [1.165, 1.54) is 12.5 Å². The lowest BCUT2D eigenvalue weighted by Gasteiger charge is -2.71. The van der Waals surface area contributed by atoms with Gasteiger partial charge in [0.05, 0.1) is 18.1 Å². The van der Waals surface area contributed by atoms with Crippen molar-refractivity contribution in [2.45, 2.75) is 110 Å². The zero-order valence-corrected chi connectivity index (χ0v) is 27.1. The minimum atomic E-state index is -3.89. The summed E-state index contributed by atoms with van der Waals surface area (Å²) in [4.78, 5) is 34.4. The standard InChI is InChI=1S/C33H44N4O5S/c1-27(2)21-8-9-31(6)22(30(21,5)15-20(17-34)26(27)39)14-24(38)33(40)23-16-29(4,37-43(41,42)25-18-35-19-36-25)12-10-28(23,3)11-13-32(31,33)7/h14-15,18-19,21,23,37,40H,8-13,16H2,1-7H3,(H,35,36)/t21-,23+,28-,29-,30-,31+,32-,33+/m0/s1. The van der Waals surface area contributed by atoms with Crippen molar-refractivity contribution in [2.75, 3.05) is 0 Å². The van der Waals surface area contributed by atoms with Crippen LogP contribution in [-0.2, 0) is 19.6 Å². The van der Waals surface area contributed by atoms with Crippen LogP contribution in [0.3, 0.4) is 0 Å². The molecule has 9 nitrogen and oxygen atoms in total. The Labute approximate surface area is 254 Å². The van der Waals surface area contributed by atoms with E-state index in [1.54, 1.807) is 12.2 Å². The number of aromatic amines is 1. The number of ketones is 2. The molecule has 232 valence electrons. The minimum absolute atomic E-state index is 0.0215. The maximum Gasteiger partial charge on any atom is 0.258 e. The smallest absolute Gasteiger partial charge is 0.258 e. The summed E-state index contributed by atoms with van der Waals surface area (Å²) >= 11 is 0. The number of aromatic nitrogens is 2. The lowest BCUT2D eigenvalue weighted by molar-refractivity contribution is -0.239. The first kappa shape index (κ1) is 30.4. The lowest BCUT2D eigenvalue weighted by Crippen LogP contribution is -2.74. The molecule has 1 heterocycles. The first-order valence-corrected chi connectivity index (χ1v) is 16.9. The number of allylic oxidation sites excluding steroid dienone is 3. The van der Waals surface area contributed by atoms with Crippen LogP contribution < -0.4 is 4.72 Å². The molecular weight excluding hydrogens is 564 g/mol. The molecule has 1 aromatic rings. The van der Waals surface area contributed by atoms with Gasteiger partial charge in [0.15, 0.2) is 16.6 Å². The van der Waals surface area contributed by atoms with Gasteiger partial charge in [0.2, 0.25) is 0 Å². The molecule has 0 unspecified atom stereocenters. The van der Waals surface area contributed by atoms with Gasteiger partial charge in [-0.3, -0.25) is 9.59 Å². The summed E-state index contributed by atoms with van der Waals surface area (Å²) in [7, 11) is -3.89. The van der Waals surface area contributed by atoms with Gasteiger partial charge >= 0.3 is 0 Å². The Kier molecular flexibility index (Phi) is 6.20. The number of hydrogen-bond acceptors (Lipinski definition) is 7. The average molecular weight is 609 g/mol. The first-order valence-electron chi connectivity index (χ1n) is 15.4. The van der Waals surface area contributed by atoms with Gasteiger partial charge in [-0.05, 0) is 80.3 Å². The fourth-order valence-corrected chi connectivity index (χ4v) is 12.0. The Balaban J connectivity index is 1.47. The highest BCUT2D eigenvalue weighted by atomic mass is 32.2. The van der Waals surface area contributed by atoms with E-state index in [1.807, 2.05) is 20.8 Å². The number of sulfonamides is 1. The topological polar surface area (TPSA) is 153 Å². The summed E-state index contributed by atoms with van der Waals surface area (Å²) in [6.07, 6.45) is 10.5. The Morgan fingerprint density at radius 3 is 2.33 bits per heavy atom. The third-order valence-corrected chi connectivity index (χ3v) is 15.0. The molecule has 0 saturated heterocycles. The van der Waals surface area contributed by atoms with Crippen LogP contribution in [0.15, 0.2) is 40.8 Å². The highest BCUT2D eigenvalue weighted by Gasteiger charge is 2.75. The Morgan fingerprint density at radius 1 is 1.02 bits per heavy atom. The molecular formula is C33H44N4O5S. The van der Waals surface area contributed by atoms with Crippen LogP contribution in [0, 0.1) is 50.2 Å². The van der Waals surface area contributed by atoms with E-state index in [0.29, 0.717) is 32.1 Å². The predicted molar refractivity (Wildman–Crippen MR) is 160 cm³/mol. The number of carbonyl (C=O) groups excluding carboxylic acids is 2. The number of nitriles is 1. The van der Waals surface area contributed by atoms with Crippen molar-refractivity contribution in [2.24, 2.45) is 38.9 Å². The lowest BCUT2D eigenvalue weighted by atomic mass is 9.33. The molecule has 3 N–H and O–H groups in total. The zero-order chi connectivity index (χ0) is 31.6. The number of rotatable bonds is 3. The van der Waals surface area contributed by atoms with Gasteiger partial charge in [-0.25, -0.2) is 18.1 Å². The van der Waals surface area contributed by atoms with Crippen molar-refractivity contribution in [3.63, 3.8) is 0 Å². The van der Waals surface area contributed by atoms with E-state index in [2.05, 4.69) is 48.5 Å². The second kappa shape index (κ2) is 8.76. The third-order valence-electron chi connectivity index (χ3n) is 13.4. The number of hydrogen-bond donors (Lipinski definition) is 3. The monoisotopic (exact) mass is 608 g/mol. The molecule has 3 fully saturated rings. The number of nitrogens with one attached hydrogen (secondary N) is 2. The molecule has 1 aromatic heterocycles. The van der Waals surface area contributed by atoms with E-state index in [9.17, 15) is 28.4 Å².